The molecule has 3 fully saturated rings. The van der Waals surface area contributed by atoms with Gasteiger partial charge in [-0.2, -0.15) is 13.2 Å². The zero-order valence-electron chi connectivity index (χ0n) is 12.0. The lowest BCUT2D eigenvalue weighted by molar-refractivity contribution is -0.190. The van der Waals surface area contributed by atoms with Crippen molar-refractivity contribution < 1.29 is 13.2 Å². The average Bonchev–Trinajstić information content (AvgIpc) is 3.36. The molecule has 3 N–H and O–H groups in total. The van der Waals surface area contributed by atoms with Gasteiger partial charge in [-0.25, -0.2) is 9.97 Å². The third kappa shape index (κ3) is 2.12. The minimum absolute atomic E-state index is 0.0242. The molecule has 4 rings (SSSR count). The highest BCUT2D eigenvalue weighted by atomic mass is 19.4. The Morgan fingerprint density at radius 2 is 2.00 bits per heavy atom. The van der Waals surface area contributed by atoms with Gasteiger partial charge in [0.15, 0.2) is 0 Å². The third-order valence-electron chi connectivity index (χ3n) is 5.17. The number of halogens is 3. The van der Waals surface area contributed by atoms with Crippen LogP contribution < -0.4 is 16.0 Å². The lowest BCUT2D eigenvalue weighted by atomic mass is 9.95. The Balaban J connectivity index is 1.43. The Morgan fingerprint density at radius 1 is 1.23 bits per heavy atom. The predicted molar refractivity (Wildman–Crippen MR) is 75.6 cm³/mol. The molecule has 0 amide bonds. The zero-order chi connectivity index (χ0) is 15.4. The molecule has 120 valence electrons. The second kappa shape index (κ2) is 4.47. The largest absolute Gasteiger partial charge is 0.396 e. The lowest BCUT2D eigenvalue weighted by Crippen LogP contribution is -2.33. The van der Waals surface area contributed by atoms with Crippen molar-refractivity contribution in [2.24, 2.45) is 10.8 Å². The van der Waals surface area contributed by atoms with Gasteiger partial charge >= 0.3 is 6.18 Å². The summed E-state index contributed by atoms with van der Waals surface area (Å²) in [5, 5.41) is 9.21. The number of rotatable bonds is 5. The summed E-state index contributed by atoms with van der Waals surface area (Å²) in [5.41, 5.74) is -2.30. The molecule has 22 heavy (non-hydrogen) atoms. The molecule has 5 nitrogen and oxygen atoms in total. The van der Waals surface area contributed by atoms with E-state index in [9.17, 15) is 13.2 Å². The molecule has 1 aliphatic heterocycles. The number of hydrogen-bond acceptors (Lipinski definition) is 5. The Morgan fingerprint density at radius 3 is 2.68 bits per heavy atom. The van der Waals surface area contributed by atoms with Crippen molar-refractivity contribution >= 4 is 11.6 Å². The summed E-state index contributed by atoms with van der Waals surface area (Å²) in [4.78, 5) is 8.22. The van der Waals surface area contributed by atoms with Crippen LogP contribution in [0.5, 0.6) is 0 Å². The smallest absolute Gasteiger partial charge is 0.369 e. The molecule has 0 unspecified atom stereocenters. The van der Waals surface area contributed by atoms with Gasteiger partial charge in [0.2, 0.25) is 0 Å². The maximum Gasteiger partial charge on any atom is 0.396 e. The van der Waals surface area contributed by atoms with Crippen molar-refractivity contribution in [3.05, 3.63) is 12.4 Å². The number of nitrogens with zero attached hydrogens (tertiary/aromatic N) is 2. The molecular formula is C14H18F3N5. The molecule has 1 aromatic rings. The van der Waals surface area contributed by atoms with E-state index < -0.39 is 17.0 Å². The molecule has 3 aliphatic rings. The van der Waals surface area contributed by atoms with Crippen LogP contribution in [0.3, 0.4) is 0 Å². The first-order chi connectivity index (χ1) is 10.4. The van der Waals surface area contributed by atoms with Crippen molar-refractivity contribution in [1.82, 2.24) is 15.3 Å². The van der Waals surface area contributed by atoms with Gasteiger partial charge in [0.1, 0.15) is 18.0 Å². The number of anilines is 2. The number of aromatic nitrogens is 2. The first kappa shape index (κ1) is 14.0. The summed E-state index contributed by atoms with van der Waals surface area (Å²) >= 11 is 0. The summed E-state index contributed by atoms with van der Waals surface area (Å²) in [7, 11) is 0. The summed E-state index contributed by atoms with van der Waals surface area (Å²) < 4.78 is 39.8. The van der Waals surface area contributed by atoms with E-state index in [0.29, 0.717) is 18.4 Å². The first-order valence-electron chi connectivity index (χ1n) is 7.54. The van der Waals surface area contributed by atoms with Gasteiger partial charge in [-0.05, 0) is 19.3 Å². The third-order valence-corrected chi connectivity index (χ3v) is 5.17. The van der Waals surface area contributed by atoms with E-state index in [2.05, 4.69) is 25.9 Å². The quantitative estimate of drug-likeness (QED) is 0.776. The molecular weight excluding hydrogens is 295 g/mol. The monoisotopic (exact) mass is 313 g/mol. The Labute approximate surface area is 126 Å². The number of alkyl halides is 3. The van der Waals surface area contributed by atoms with Gasteiger partial charge in [-0.15, -0.1) is 0 Å². The fourth-order valence-corrected chi connectivity index (χ4v) is 3.56. The normalized spacial score (nSPS) is 33.4. The van der Waals surface area contributed by atoms with Crippen molar-refractivity contribution in [3.8, 4) is 0 Å². The first-order valence-corrected chi connectivity index (χ1v) is 7.54. The predicted octanol–water partition coefficient (Wildman–Crippen LogP) is 2.00. The van der Waals surface area contributed by atoms with Gasteiger partial charge in [-0.3, -0.25) is 0 Å². The van der Waals surface area contributed by atoms with Gasteiger partial charge in [0, 0.05) is 37.2 Å². The second-order valence-corrected chi connectivity index (χ2v) is 6.70. The molecule has 0 aromatic carbocycles. The highest BCUT2D eigenvalue weighted by Crippen LogP contribution is 2.72. The maximum atomic E-state index is 13.3. The molecule has 0 spiro atoms. The topological polar surface area (TPSA) is 61.9 Å². The van der Waals surface area contributed by atoms with Crippen LogP contribution in [0.4, 0.5) is 24.8 Å². The van der Waals surface area contributed by atoms with Gasteiger partial charge in [-0.1, -0.05) is 0 Å². The van der Waals surface area contributed by atoms with E-state index in [1.807, 2.05) is 0 Å². The van der Waals surface area contributed by atoms with Gasteiger partial charge in [0.05, 0.1) is 5.41 Å². The summed E-state index contributed by atoms with van der Waals surface area (Å²) in [5.74, 6) is 1.29. The minimum atomic E-state index is -4.15. The summed E-state index contributed by atoms with van der Waals surface area (Å²) in [6.07, 6.45) is -0.253. The Hall–Kier alpha value is -1.57. The SMILES string of the molecule is FC(F)(F)[C@@]12CNC[C@]1(CNc1cc(NC3CC3)ncn1)C2. The van der Waals surface area contributed by atoms with E-state index in [1.54, 1.807) is 6.07 Å². The molecule has 0 bridgehead atoms. The molecule has 2 saturated carbocycles. The highest BCUT2D eigenvalue weighted by molar-refractivity contribution is 5.48. The van der Waals surface area contributed by atoms with Crippen molar-refractivity contribution in [3.63, 3.8) is 0 Å². The molecule has 2 aliphatic carbocycles. The molecule has 2 heterocycles. The van der Waals surface area contributed by atoms with E-state index in [4.69, 9.17) is 0 Å². The zero-order valence-corrected chi connectivity index (χ0v) is 12.0. The fourth-order valence-electron chi connectivity index (χ4n) is 3.56. The lowest BCUT2D eigenvalue weighted by Gasteiger charge is -2.21. The number of fused-ring (bicyclic) bond motifs is 1. The van der Waals surface area contributed by atoms with Crippen LogP contribution in [0.2, 0.25) is 0 Å². The summed E-state index contributed by atoms with van der Waals surface area (Å²) in [6.45, 7) is 0.702. The standard InChI is InChI=1S/C14H18F3N5/c15-14(16,17)13-4-12(13,5-18-7-13)6-19-10-3-11(21-8-20-10)22-9-1-2-9/h3,8-9,18H,1-2,4-7H2,(H2,19,20,21,22)/t12-,13-/m0/s1. The fraction of sp³-hybridized carbons (Fsp3) is 0.714. The molecule has 0 radical (unpaired) electrons. The molecule has 8 heteroatoms. The van der Waals surface area contributed by atoms with E-state index in [1.165, 1.54) is 6.33 Å². The van der Waals surface area contributed by atoms with Crippen molar-refractivity contribution in [2.75, 3.05) is 30.3 Å². The van der Waals surface area contributed by atoms with Crippen LogP contribution in [-0.2, 0) is 0 Å². The van der Waals surface area contributed by atoms with Crippen LogP contribution in [0.15, 0.2) is 12.4 Å². The molecule has 1 aromatic heterocycles. The Bertz CT molecular complexity index is 588. The average molecular weight is 313 g/mol. The second-order valence-electron chi connectivity index (χ2n) is 6.70. The van der Waals surface area contributed by atoms with Gasteiger partial charge < -0.3 is 16.0 Å². The van der Waals surface area contributed by atoms with E-state index in [-0.39, 0.29) is 19.5 Å². The van der Waals surface area contributed by atoms with E-state index >= 15 is 0 Å². The van der Waals surface area contributed by atoms with Crippen LogP contribution in [-0.4, -0.2) is 41.8 Å². The van der Waals surface area contributed by atoms with E-state index in [0.717, 1.165) is 18.7 Å². The number of piperidine rings is 1. The van der Waals surface area contributed by atoms with Crippen molar-refractivity contribution in [2.45, 2.75) is 31.5 Å². The van der Waals surface area contributed by atoms with Crippen LogP contribution >= 0.6 is 0 Å². The highest BCUT2D eigenvalue weighted by Gasteiger charge is 2.81. The Kier molecular flexibility index (Phi) is 2.85. The minimum Gasteiger partial charge on any atom is -0.369 e. The van der Waals surface area contributed by atoms with Crippen LogP contribution in [0.1, 0.15) is 19.3 Å². The maximum absolute atomic E-state index is 13.3. The summed E-state index contributed by atoms with van der Waals surface area (Å²) in [6, 6.07) is 2.23. The number of nitrogens with one attached hydrogen (secondary N) is 3. The molecule has 2 atom stereocenters. The van der Waals surface area contributed by atoms with Crippen LogP contribution in [0.25, 0.3) is 0 Å². The number of hydrogen-bond donors (Lipinski definition) is 3. The van der Waals surface area contributed by atoms with Crippen molar-refractivity contribution in [1.29, 1.82) is 0 Å². The van der Waals surface area contributed by atoms with Gasteiger partial charge in [0.25, 0.3) is 0 Å². The molecule has 1 saturated heterocycles. The van der Waals surface area contributed by atoms with Crippen LogP contribution in [0, 0.1) is 10.8 Å².